The lowest BCUT2D eigenvalue weighted by Gasteiger charge is -2.14. The van der Waals surface area contributed by atoms with Crippen LogP contribution in [0.15, 0.2) is 9.32 Å². The number of nitrogens with two attached hydrogens (primary N) is 1. The van der Waals surface area contributed by atoms with Gasteiger partial charge in [-0.05, 0) is 34.6 Å². The Morgan fingerprint density at radius 2 is 1.72 bits per heavy atom. The molecule has 7 heteroatoms. The van der Waals surface area contributed by atoms with Crippen molar-refractivity contribution in [2.24, 2.45) is 18.2 Å². The molecule has 18 heavy (non-hydrogen) atoms. The molecule has 1 heterocycles. The van der Waals surface area contributed by atoms with Gasteiger partial charge >= 0.3 is 11.7 Å². The average molecular weight is 259 g/mol. The molecule has 104 valence electrons. The van der Waals surface area contributed by atoms with E-state index in [1.807, 2.05) is 0 Å². The van der Waals surface area contributed by atoms with Gasteiger partial charge in [0.2, 0.25) is 0 Å². The zero-order valence-electron chi connectivity index (χ0n) is 11.6. The number of rotatable bonds is 1. The topological polar surface area (TPSA) is 111 Å². The van der Waals surface area contributed by atoms with Crippen molar-refractivity contribution < 1.29 is 14.4 Å². The van der Waals surface area contributed by atoms with Gasteiger partial charge < -0.3 is 10.8 Å². The highest BCUT2D eigenvalue weighted by Crippen LogP contribution is 2.11. The van der Waals surface area contributed by atoms with E-state index >= 15 is 0 Å². The summed E-state index contributed by atoms with van der Waals surface area (Å²) < 4.78 is 5.69. The number of hydrogen-bond donors (Lipinski definition) is 2. The second-order valence-electron chi connectivity index (χ2n) is 5.61. The molecule has 1 aromatic heterocycles. The third kappa shape index (κ3) is 4.70. The number of nitrogens with zero attached hydrogens (tertiary/aromatic N) is 2. The Bertz CT molecular complexity index is 460. The summed E-state index contributed by atoms with van der Waals surface area (Å²) in [6.45, 7) is 8.49. The van der Waals surface area contributed by atoms with Gasteiger partial charge in [-0.1, -0.05) is 5.16 Å². The first-order chi connectivity index (χ1) is 7.87. The van der Waals surface area contributed by atoms with Crippen molar-refractivity contribution in [1.82, 2.24) is 9.72 Å². The molecule has 0 aliphatic rings. The fraction of sp³-hybridized carbons (Fsp3) is 0.727. The minimum atomic E-state index is -0.757. The van der Waals surface area contributed by atoms with Crippen molar-refractivity contribution in [2.75, 3.05) is 0 Å². The van der Waals surface area contributed by atoms with Crippen molar-refractivity contribution in [3.05, 3.63) is 16.4 Å². The highest BCUT2D eigenvalue weighted by molar-refractivity contribution is 5.72. The third-order valence-corrected chi connectivity index (χ3v) is 2.02. The number of aliphatic carboxylic acids is 1. The quantitative estimate of drug-likeness (QED) is 0.767. The van der Waals surface area contributed by atoms with E-state index in [-0.39, 0.29) is 0 Å². The average Bonchev–Trinajstić information content (AvgIpc) is 2.45. The van der Waals surface area contributed by atoms with Crippen molar-refractivity contribution in [1.29, 1.82) is 0 Å². The van der Waals surface area contributed by atoms with Gasteiger partial charge in [0.15, 0.2) is 5.82 Å². The van der Waals surface area contributed by atoms with E-state index in [4.69, 9.17) is 10.8 Å². The van der Waals surface area contributed by atoms with Gasteiger partial charge in [0.05, 0.1) is 11.0 Å². The van der Waals surface area contributed by atoms with Crippen LogP contribution in [-0.4, -0.2) is 20.8 Å². The molecule has 0 amide bonds. The van der Waals surface area contributed by atoms with E-state index in [0.717, 1.165) is 0 Å². The van der Waals surface area contributed by atoms with Crippen LogP contribution in [0.5, 0.6) is 0 Å². The van der Waals surface area contributed by atoms with E-state index < -0.39 is 22.7 Å². The molecule has 3 N–H and O–H groups in total. The number of carbonyl (C=O) groups is 1. The summed E-state index contributed by atoms with van der Waals surface area (Å²) in [6.07, 6.45) is 0. The first-order valence-electron chi connectivity index (χ1n) is 5.43. The van der Waals surface area contributed by atoms with Crippen LogP contribution >= 0.6 is 0 Å². The van der Waals surface area contributed by atoms with Crippen LogP contribution in [0.2, 0.25) is 0 Å². The Kier molecular flexibility index (Phi) is 4.86. The van der Waals surface area contributed by atoms with Crippen molar-refractivity contribution in [3.63, 3.8) is 0 Å². The smallest absolute Gasteiger partial charge is 0.441 e. The summed E-state index contributed by atoms with van der Waals surface area (Å²) in [7, 11) is 1.57. The summed E-state index contributed by atoms with van der Waals surface area (Å²) in [5.74, 6) is -0.798. The Labute approximate surface area is 106 Å². The number of carboxylic acids is 1. The van der Waals surface area contributed by atoms with Gasteiger partial charge in [-0.25, -0.2) is 4.79 Å². The summed E-state index contributed by atoms with van der Waals surface area (Å²) in [5.41, 5.74) is 4.47. The summed E-state index contributed by atoms with van der Waals surface area (Å²) in [6, 6.07) is 0. The largest absolute Gasteiger partial charge is 0.481 e. The molecule has 7 nitrogen and oxygen atoms in total. The summed E-state index contributed by atoms with van der Waals surface area (Å²) in [4.78, 5) is 20.8. The number of carboxylic acid groups (broad SMARTS) is 1. The minimum absolute atomic E-state index is 0.447. The molecule has 1 aromatic rings. The molecule has 0 aliphatic heterocycles. The molecular weight excluding hydrogens is 238 g/mol. The Balaban J connectivity index is 0.000000360. The molecule has 0 unspecified atom stereocenters. The van der Waals surface area contributed by atoms with Crippen LogP contribution in [0, 0.1) is 5.41 Å². The first kappa shape index (κ1) is 16.4. The van der Waals surface area contributed by atoms with Crippen LogP contribution in [-0.2, 0) is 17.4 Å². The van der Waals surface area contributed by atoms with Crippen LogP contribution < -0.4 is 11.5 Å². The Morgan fingerprint density at radius 1 is 1.33 bits per heavy atom. The highest BCUT2D eigenvalue weighted by Gasteiger charge is 2.22. The Morgan fingerprint density at radius 3 is 1.83 bits per heavy atom. The second kappa shape index (κ2) is 5.34. The molecule has 1 rings (SSSR count). The fourth-order valence-electron chi connectivity index (χ4n) is 0.841. The minimum Gasteiger partial charge on any atom is -0.481 e. The summed E-state index contributed by atoms with van der Waals surface area (Å²) in [5, 5.41) is 11.8. The maximum Gasteiger partial charge on any atom is 0.441 e. The van der Waals surface area contributed by atoms with E-state index in [0.29, 0.717) is 5.82 Å². The van der Waals surface area contributed by atoms with E-state index in [9.17, 15) is 9.59 Å². The number of aromatic nitrogens is 2. The molecule has 0 spiro atoms. The molecule has 0 bridgehead atoms. The molecule has 0 fully saturated rings. The van der Waals surface area contributed by atoms with E-state index in [1.54, 1.807) is 41.7 Å². The van der Waals surface area contributed by atoms with Gasteiger partial charge in [0.25, 0.3) is 0 Å². The molecule has 0 aliphatic carbocycles. The van der Waals surface area contributed by atoms with Gasteiger partial charge in [-0.15, -0.1) is 0 Å². The zero-order valence-corrected chi connectivity index (χ0v) is 11.6. The second-order valence-corrected chi connectivity index (χ2v) is 5.61. The molecule has 0 radical (unpaired) electrons. The molecule has 0 saturated carbocycles. The van der Waals surface area contributed by atoms with E-state index in [2.05, 4.69) is 9.68 Å². The van der Waals surface area contributed by atoms with Crippen LogP contribution in [0.1, 0.15) is 40.4 Å². The molecule has 0 atom stereocenters. The van der Waals surface area contributed by atoms with Gasteiger partial charge in [0, 0.05) is 7.05 Å². The van der Waals surface area contributed by atoms with Crippen LogP contribution in [0.4, 0.5) is 0 Å². The SMILES string of the molecule is CC(C)(C)C(=O)O.Cn1c(C(C)(C)N)noc1=O. The zero-order chi connectivity index (χ0) is 14.7. The number of hydrogen-bond acceptors (Lipinski definition) is 5. The van der Waals surface area contributed by atoms with E-state index in [1.165, 1.54) is 4.57 Å². The first-order valence-corrected chi connectivity index (χ1v) is 5.43. The van der Waals surface area contributed by atoms with Gasteiger partial charge in [0.1, 0.15) is 0 Å². The predicted molar refractivity (Wildman–Crippen MR) is 66.0 cm³/mol. The van der Waals surface area contributed by atoms with Crippen LogP contribution in [0.3, 0.4) is 0 Å². The Hall–Kier alpha value is -1.63. The van der Waals surface area contributed by atoms with Crippen molar-refractivity contribution in [2.45, 2.75) is 40.2 Å². The summed E-state index contributed by atoms with van der Waals surface area (Å²) >= 11 is 0. The monoisotopic (exact) mass is 259 g/mol. The maximum atomic E-state index is 10.8. The van der Waals surface area contributed by atoms with Gasteiger partial charge in [-0.3, -0.25) is 13.9 Å². The van der Waals surface area contributed by atoms with Crippen molar-refractivity contribution in [3.8, 4) is 0 Å². The highest BCUT2D eigenvalue weighted by atomic mass is 16.5. The lowest BCUT2D eigenvalue weighted by Crippen LogP contribution is -2.33. The molecule has 0 aromatic carbocycles. The third-order valence-electron chi connectivity index (χ3n) is 2.02. The fourth-order valence-corrected chi connectivity index (χ4v) is 0.841. The van der Waals surface area contributed by atoms with Crippen LogP contribution in [0.25, 0.3) is 0 Å². The maximum absolute atomic E-state index is 10.8. The lowest BCUT2D eigenvalue weighted by molar-refractivity contribution is -0.145. The van der Waals surface area contributed by atoms with Gasteiger partial charge in [-0.2, -0.15) is 0 Å². The normalized spacial score (nSPS) is 11.7. The lowest BCUT2D eigenvalue weighted by atomic mass is 9.98. The predicted octanol–water partition coefficient (Wildman–Crippen LogP) is 0.684. The molecular formula is C11H21N3O4. The van der Waals surface area contributed by atoms with Crippen molar-refractivity contribution >= 4 is 5.97 Å². The standard InChI is InChI=1S/C6H11N3O2.C5H10O2/c1-6(2,7)4-8-11-5(10)9(4)3;1-5(2,3)4(6)7/h7H2,1-3H3;1-3H3,(H,6,7). The molecule has 0 saturated heterocycles.